The molecule has 0 saturated carbocycles. The summed E-state index contributed by atoms with van der Waals surface area (Å²) < 4.78 is 10.9. The molecule has 0 aliphatic heterocycles. The fourth-order valence-electron chi connectivity index (χ4n) is 3.04. The van der Waals surface area contributed by atoms with Crippen LogP contribution in [-0.4, -0.2) is 37.1 Å². The van der Waals surface area contributed by atoms with E-state index < -0.39 is 0 Å². The number of carbonyl (C=O) groups is 2. The van der Waals surface area contributed by atoms with Crippen LogP contribution >= 0.6 is 11.3 Å². The topological polar surface area (TPSA) is 89.6 Å². The van der Waals surface area contributed by atoms with Crippen molar-refractivity contribution < 1.29 is 19.1 Å². The number of ether oxygens (including phenoxy) is 2. The molecule has 3 rings (SSSR count). The molecule has 0 spiro atoms. The van der Waals surface area contributed by atoms with Gasteiger partial charge in [-0.25, -0.2) is 4.98 Å². The number of carbonyl (C=O) groups excluding carboxylic acids is 2. The fraction of sp³-hybridized carbons (Fsp3) is 0.292. The molecular weight excluding hydrogens is 426 g/mol. The zero-order valence-corrected chi connectivity index (χ0v) is 19.0. The van der Waals surface area contributed by atoms with Gasteiger partial charge in [-0.2, -0.15) is 0 Å². The van der Waals surface area contributed by atoms with Crippen LogP contribution in [0.25, 0.3) is 0 Å². The maximum Gasteiger partial charge on any atom is 0.257 e. The van der Waals surface area contributed by atoms with Crippen molar-refractivity contribution in [2.45, 2.75) is 26.3 Å². The maximum absolute atomic E-state index is 12.4. The van der Waals surface area contributed by atoms with Crippen molar-refractivity contribution >= 4 is 23.2 Å². The molecule has 168 valence electrons. The van der Waals surface area contributed by atoms with E-state index in [1.807, 2.05) is 36.6 Å². The lowest BCUT2D eigenvalue weighted by atomic mass is 10.2. The third-order valence-electron chi connectivity index (χ3n) is 4.59. The van der Waals surface area contributed by atoms with Crippen molar-refractivity contribution in [1.82, 2.24) is 15.6 Å². The average Bonchev–Trinajstić information content (AvgIpc) is 3.23. The van der Waals surface area contributed by atoms with E-state index in [-0.39, 0.29) is 24.8 Å². The minimum absolute atomic E-state index is 0.0832. The Morgan fingerprint density at radius 3 is 2.56 bits per heavy atom. The van der Waals surface area contributed by atoms with E-state index >= 15 is 0 Å². The van der Waals surface area contributed by atoms with Crippen LogP contribution in [0.3, 0.4) is 0 Å². The van der Waals surface area contributed by atoms with E-state index in [0.717, 1.165) is 22.7 Å². The monoisotopic (exact) mass is 453 g/mol. The molecule has 32 heavy (non-hydrogen) atoms. The zero-order valence-electron chi connectivity index (χ0n) is 18.2. The number of rotatable bonds is 11. The quantitative estimate of drug-likeness (QED) is 0.466. The highest BCUT2D eigenvalue weighted by Gasteiger charge is 2.11. The summed E-state index contributed by atoms with van der Waals surface area (Å²) in [5.74, 6) is 0.685. The lowest BCUT2D eigenvalue weighted by Crippen LogP contribution is -2.28. The van der Waals surface area contributed by atoms with Gasteiger partial charge in [-0.05, 0) is 30.2 Å². The largest absolute Gasteiger partial charge is 0.493 e. The van der Waals surface area contributed by atoms with Crippen LogP contribution in [0.1, 0.15) is 28.8 Å². The highest BCUT2D eigenvalue weighted by molar-refractivity contribution is 7.09. The Bertz CT molecular complexity index is 1040. The van der Waals surface area contributed by atoms with Crippen molar-refractivity contribution in [3.05, 3.63) is 75.7 Å². The smallest absolute Gasteiger partial charge is 0.257 e. The molecule has 0 fully saturated rings. The van der Waals surface area contributed by atoms with E-state index in [1.165, 1.54) is 12.7 Å². The number of benzene rings is 2. The Labute approximate surface area is 191 Å². The summed E-state index contributed by atoms with van der Waals surface area (Å²) in [6.07, 6.45) is 0.998. The summed E-state index contributed by atoms with van der Waals surface area (Å²) in [5.41, 5.74) is 2.83. The number of methoxy groups -OCH3 is 1. The average molecular weight is 454 g/mol. The molecule has 8 heteroatoms. The number of thiazole rings is 1. The summed E-state index contributed by atoms with van der Waals surface area (Å²) >= 11 is 1.57. The fourth-order valence-corrected chi connectivity index (χ4v) is 3.87. The molecule has 0 atom stereocenters. The number of likely N-dealkylation sites (N-methyl/N-ethyl adjacent to an activating group) is 1. The van der Waals surface area contributed by atoms with Gasteiger partial charge in [0.15, 0.2) is 18.1 Å². The van der Waals surface area contributed by atoms with Crippen LogP contribution in [0.5, 0.6) is 11.5 Å². The van der Waals surface area contributed by atoms with E-state index in [0.29, 0.717) is 24.6 Å². The molecule has 0 unspecified atom stereocenters. The molecule has 0 bridgehead atoms. The highest BCUT2D eigenvalue weighted by atomic mass is 32.1. The molecule has 1 heterocycles. The Balaban J connectivity index is 1.49. The standard InChI is InChI=1S/C24H27N3O4S/c1-3-25-23(29)15-31-20-10-9-18(11-21(20)30-2)14-26-22(28)13-19-16-32-24(27-19)12-17-7-5-4-6-8-17/h4-11,16H,3,12-15H2,1-2H3,(H,25,29)(H,26,28). The third kappa shape index (κ3) is 7.09. The van der Waals surface area contributed by atoms with Crippen molar-refractivity contribution in [2.75, 3.05) is 20.3 Å². The lowest BCUT2D eigenvalue weighted by Gasteiger charge is -2.12. The second-order valence-electron chi connectivity index (χ2n) is 7.08. The molecule has 2 aromatic carbocycles. The van der Waals surface area contributed by atoms with E-state index in [1.54, 1.807) is 23.5 Å². The van der Waals surface area contributed by atoms with Gasteiger partial charge in [0.25, 0.3) is 5.91 Å². The van der Waals surface area contributed by atoms with Gasteiger partial charge in [0, 0.05) is 24.9 Å². The summed E-state index contributed by atoms with van der Waals surface area (Å²) in [6.45, 7) is 2.67. The third-order valence-corrected chi connectivity index (χ3v) is 5.49. The first kappa shape index (κ1) is 23.3. The van der Waals surface area contributed by atoms with Crippen LogP contribution in [0.4, 0.5) is 0 Å². The number of nitrogens with one attached hydrogen (secondary N) is 2. The molecular formula is C24H27N3O4S. The second-order valence-corrected chi connectivity index (χ2v) is 8.02. The van der Waals surface area contributed by atoms with E-state index in [4.69, 9.17) is 9.47 Å². The van der Waals surface area contributed by atoms with Crippen LogP contribution in [0.15, 0.2) is 53.9 Å². The van der Waals surface area contributed by atoms with Crippen molar-refractivity contribution in [1.29, 1.82) is 0 Å². The van der Waals surface area contributed by atoms with Crippen LogP contribution in [0, 0.1) is 0 Å². The number of hydrogen-bond acceptors (Lipinski definition) is 6. The van der Waals surface area contributed by atoms with E-state index in [9.17, 15) is 9.59 Å². The first-order valence-corrected chi connectivity index (χ1v) is 11.3. The number of amides is 2. The second kappa shape index (κ2) is 11.9. The van der Waals surface area contributed by atoms with Crippen molar-refractivity contribution in [3.63, 3.8) is 0 Å². The van der Waals surface area contributed by atoms with Gasteiger partial charge < -0.3 is 20.1 Å². The van der Waals surface area contributed by atoms with Gasteiger partial charge in [0.1, 0.15) is 0 Å². The van der Waals surface area contributed by atoms with E-state index in [2.05, 4.69) is 27.8 Å². The Morgan fingerprint density at radius 2 is 1.81 bits per heavy atom. The summed E-state index contributed by atoms with van der Waals surface area (Å²) in [4.78, 5) is 28.5. The van der Waals surface area contributed by atoms with Crippen LogP contribution in [-0.2, 0) is 29.0 Å². The minimum atomic E-state index is -0.195. The van der Waals surface area contributed by atoms with Crippen LogP contribution in [0.2, 0.25) is 0 Å². The molecule has 1 aromatic heterocycles. The van der Waals surface area contributed by atoms with Crippen molar-refractivity contribution in [2.24, 2.45) is 0 Å². The Hall–Kier alpha value is -3.39. The summed E-state index contributed by atoms with van der Waals surface area (Å²) in [5, 5.41) is 8.51. The first-order chi connectivity index (χ1) is 15.6. The molecule has 0 aliphatic rings. The Morgan fingerprint density at radius 1 is 1.00 bits per heavy atom. The Kier molecular flexibility index (Phi) is 8.62. The number of aromatic nitrogens is 1. The first-order valence-electron chi connectivity index (χ1n) is 10.4. The minimum Gasteiger partial charge on any atom is -0.493 e. The molecule has 0 saturated heterocycles. The van der Waals surface area contributed by atoms with Crippen molar-refractivity contribution in [3.8, 4) is 11.5 Å². The predicted molar refractivity (Wildman–Crippen MR) is 124 cm³/mol. The summed E-state index contributed by atoms with van der Waals surface area (Å²) in [7, 11) is 1.53. The highest BCUT2D eigenvalue weighted by Crippen LogP contribution is 2.28. The van der Waals surface area contributed by atoms with Gasteiger partial charge in [-0.1, -0.05) is 36.4 Å². The zero-order chi connectivity index (χ0) is 22.8. The van der Waals surface area contributed by atoms with Crippen LogP contribution < -0.4 is 20.1 Å². The normalized spacial score (nSPS) is 10.4. The molecule has 0 aliphatic carbocycles. The number of hydrogen-bond donors (Lipinski definition) is 2. The SMILES string of the molecule is CCNC(=O)COc1ccc(CNC(=O)Cc2csc(Cc3ccccc3)n2)cc1OC. The summed E-state index contributed by atoms with van der Waals surface area (Å²) in [6, 6.07) is 15.5. The molecule has 3 aromatic rings. The predicted octanol–water partition coefficient (Wildman–Crippen LogP) is 3.12. The molecule has 2 N–H and O–H groups in total. The number of nitrogens with zero attached hydrogens (tertiary/aromatic N) is 1. The van der Waals surface area contributed by atoms with Gasteiger partial charge in [-0.15, -0.1) is 11.3 Å². The van der Waals surface area contributed by atoms with Gasteiger partial charge >= 0.3 is 0 Å². The molecule has 7 nitrogen and oxygen atoms in total. The maximum atomic E-state index is 12.4. The molecule has 0 radical (unpaired) electrons. The van der Waals surface area contributed by atoms with Gasteiger partial charge in [0.05, 0.1) is 24.2 Å². The lowest BCUT2D eigenvalue weighted by molar-refractivity contribution is -0.123. The van der Waals surface area contributed by atoms with Gasteiger partial charge in [-0.3, -0.25) is 9.59 Å². The van der Waals surface area contributed by atoms with Gasteiger partial charge in [0.2, 0.25) is 5.91 Å². The molecule has 2 amide bonds.